The number of hydrogen-bond acceptors (Lipinski definition) is 1. The van der Waals surface area contributed by atoms with E-state index in [1.165, 1.54) is 0 Å². The van der Waals surface area contributed by atoms with Crippen molar-refractivity contribution in [2.45, 2.75) is 26.7 Å². The van der Waals surface area contributed by atoms with Gasteiger partial charge < -0.3 is 4.74 Å². The van der Waals surface area contributed by atoms with Gasteiger partial charge in [0, 0.05) is 13.2 Å². The molecule has 0 aromatic rings. The average Bonchev–Trinajstić information content (AvgIpc) is 2.05. The summed E-state index contributed by atoms with van der Waals surface area (Å²) in [7, 11) is 0. The summed E-state index contributed by atoms with van der Waals surface area (Å²) in [6, 6.07) is 0. The first kappa shape index (κ1) is 8.79. The molecule has 0 amide bonds. The van der Waals surface area contributed by atoms with Gasteiger partial charge in [-0.2, -0.15) is 0 Å². The molecule has 1 fully saturated rings. The predicted molar refractivity (Wildman–Crippen MR) is 47.5 cm³/mol. The van der Waals surface area contributed by atoms with E-state index in [0.29, 0.717) is 11.3 Å². The summed E-state index contributed by atoms with van der Waals surface area (Å²) in [6.07, 6.45) is 4.42. The molecule has 1 aliphatic heterocycles. The second-order valence-corrected chi connectivity index (χ2v) is 3.70. The van der Waals surface area contributed by atoms with Crippen LogP contribution in [0.3, 0.4) is 0 Å². The first-order valence-electron chi connectivity index (χ1n) is 4.42. The van der Waals surface area contributed by atoms with E-state index in [9.17, 15) is 0 Å². The van der Waals surface area contributed by atoms with E-state index in [2.05, 4.69) is 26.5 Å². The zero-order valence-corrected chi connectivity index (χ0v) is 7.60. The quantitative estimate of drug-likeness (QED) is 0.555. The van der Waals surface area contributed by atoms with E-state index < -0.39 is 0 Å². The highest BCUT2D eigenvalue weighted by Crippen LogP contribution is 2.38. The Morgan fingerprint density at radius 2 is 1.91 bits per heavy atom. The maximum absolute atomic E-state index is 5.33. The highest BCUT2D eigenvalue weighted by Gasteiger charge is 2.32. The Kier molecular flexibility index (Phi) is 2.72. The van der Waals surface area contributed by atoms with Crippen LogP contribution in [0.15, 0.2) is 12.7 Å². The van der Waals surface area contributed by atoms with Crippen molar-refractivity contribution < 1.29 is 4.74 Å². The summed E-state index contributed by atoms with van der Waals surface area (Å²) in [4.78, 5) is 0. The van der Waals surface area contributed by atoms with Gasteiger partial charge in [0.05, 0.1) is 0 Å². The maximum atomic E-state index is 5.33. The SMILES string of the molecule is C=CC1(C(C)C)CCOCC1. The molecule has 64 valence electrons. The van der Waals surface area contributed by atoms with Crippen LogP contribution in [0.5, 0.6) is 0 Å². The lowest BCUT2D eigenvalue weighted by atomic mass is 9.71. The molecule has 0 unspecified atom stereocenters. The van der Waals surface area contributed by atoms with Crippen molar-refractivity contribution >= 4 is 0 Å². The van der Waals surface area contributed by atoms with Crippen molar-refractivity contribution in [2.75, 3.05) is 13.2 Å². The molecule has 1 nitrogen and oxygen atoms in total. The minimum atomic E-state index is 0.359. The third-order valence-corrected chi connectivity index (χ3v) is 2.98. The van der Waals surface area contributed by atoms with Crippen LogP contribution in [0, 0.1) is 11.3 Å². The highest BCUT2D eigenvalue weighted by atomic mass is 16.5. The van der Waals surface area contributed by atoms with Gasteiger partial charge in [0.2, 0.25) is 0 Å². The highest BCUT2D eigenvalue weighted by molar-refractivity contribution is 4.98. The van der Waals surface area contributed by atoms with Crippen LogP contribution in [-0.2, 0) is 4.74 Å². The average molecular weight is 154 g/mol. The van der Waals surface area contributed by atoms with Gasteiger partial charge >= 0.3 is 0 Å². The van der Waals surface area contributed by atoms with E-state index in [1.54, 1.807) is 0 Å². The fourth-order valence-electron chi connectivity index (χ4n) is 1.77. The lowest BCUT2D eigenvalue weighted by molar-refractivity contribution is 0.0168. The lowest BCUT2D eigenvalue weighted by Gasteiger charge is -2.38. The van der Waals surface area contributed by atoms with Crippen molar-refractivity contribution in [2.24, 2.45) is 11.3 Å². The molecule has 0 atom stereocenters. The third-order valence-electron chi connectivity index (χ3n) is 2.98. The van der Waals surface area contributed by atoms with Crippen molar-refractivity contribution in [3.8, 4) is 0 Å². The molecule has 0 aliphatic carbocycles. The fraction of sp³-hybridized carbons (Fsp3) is 0.800. The molecule has 1 saturated heterocycles. The number of allylic oxidation sites excluding steroid dienone is 1. The lowest BCUT2D eigenvalue weighted by Crippen LogP contribution is -2.32. The van der Waals surface area contributed by atoms with Gasteiger partial charge in [-0.15, -0.1) is 6.58 Å². The molecule has 1 rings (SSSR count). The summed E-state index contributed by atoms with van der Waals surface area (Å²) in [5.74, 6) is 0.698. The Balaban J connectivity index is 2.64. The zero-order chi connectivity index (χ0) is 8.32. The Labute approximate surface area is 69.4 Å². The van der Waals surface area contributed by atoms with E-state index in [-0.39, 0.29) is 0 Å². The molecule has 0 aromatic heterocycles. The molecule has 1 heterocycles. The van der Waals surface area contributed by atoms with Crippen molar-refractivity contribution in [3.05, 3.63) is 12.7 Å². The van der Waals surface area contributed by atoms with Crippen LogP contribution in [-0.4, -0.2) is 13.2 Å². The molecule has 0 spiro atoms. The summed E-state index contributed by atoms with van der Waals surface area (Å²) >= 11 is 0. The second-order valence-electron chi connectivity index (χ2n) is 3.70. The molecular formula is C10H18O. The summed E-state index contributed by atoms with van der Waals surface area (Å²) in [5.41, 5.74) is 0.359. The van der Waals surface area contributed by atoms with Crippen molar-refractivity contribution in [3.63, 3.8) is 0 Å². The van der Waals surface area contributed by atoms with Gasteiger partial charge in [-0.25, -0.2) is 0 Å². The number of hydrogen-bond donors (Lipinski definition) is 0. The van der Waals surface area contributed by atoms with Gasteiger partial charge in [0.1, 0.15) is 0 Å². The molecule has 0 aromatic carbocycles. The van der Waals surface area contributed by atoms with Gasteiger partial charge in [0.15, 0.2) is 0 Å². The smallest absolute Gasteiger partial charge is 0.0474 e. The van der Waals surface area contributed by atoms with Crippen LogP contribution >= 0.6 is 0 Å². The van der Waals surface area contributed by atoms with Crippen LogP contribution in [0.2, 0.25) is 0 Å². The minimum Gasteiger partial charge on any atom is -0.381 e. The Bertz CT molecular complexity index is 132. The minimum absolute atomic E-state index is 0.359. The van der Waals surface area contributed by atoms with E-state index in [0.717, 1.165) is 26.1 Å². The molecule has 11 heavy (non-hydrogen) atoms. The fourth-order valence-corrected chi connectivity index (χ4v) is 1.77. The topological polar surface area (TPSA) is 9.23 Å². The molecule has 0 bridgehead atoms. The molecular weight excluding hydrogens is 136 g/mol. The van der Waals surface area contributed by atoms with Gasteiger partial charge in [-0.3, -0.25) is 0 Å². The third kappa shape index (κ3) is 1.64. The van der Waals surface area contributed by atoms with Crippen LogP contribution in [0.25, 0.3) is 0 Å². The molecule has 0 radical (unpaired) electrons. The van der Waals surface area contributed by atoms with Gasteiger partial charge in [-0.1, -0.05) is 19.9 Å². The van der Waals surface area contributed by atoms with Gasteiger partial charge in [0.25, 0.3) is 0 Å². The first-order valence-corrected chi connectivity index (χ1v) is 4.42. The monoisotopic (exact) mass is 154 g/mol. The summed E-state index contributed by atoms with van der Waals surface area (Å²) in [5, 5.41) is 0. The normalized spacial score (nSPS) is 23.5. The van der Waals surface area contributed by atoms with Crippen molar-refractivity contribution in [1.29, 1.82) is 0 Å². The molecule has 1 heteroatoms. The van der Waals surface area contributed by atoms with Gasteiger partial charge in [-0.05, 0) is 24.2 Å². The first-order chi connectivity index (χ1) is 5.21. The van der Waals surface area contributed by atoms with Crippen molar-refractivity contribution in [1.82, 2.24) is 0 Å². The maximum Gasteiger partial charge on any atom is 0.0474 e. The molecule has 1 aliphatic rings. The van der Waals surface area contributed by atoms with E-state index in [4.69, 9.17) is 4.74 Å². The van der Waals surface area contributed by atoms with Crippen LogP contribution in [0.1, 0.15) is 26.7 Å². The Morgan fingerprint density at radius 3 is 2.18 bits per heavy atom. The Morgan fingerprint density at radius 1 is 1.36 bits per heavy atom. The second kappa shape index (κ2) is 3.40. The predicted octanol–water partition coefficient (Wildman–Crippen LogP) is 2.63. The largest absolute Gasteiger partial charge is 0.381 e. The standard InChI is InChI=1S/C10H18O/c1-4-10(9(2)3)5-7-11-8-6-10/h4,9H,1,5-8H2,2-3H3. The Hall–Kier alpha value is -0.300. The zero-order valence-electron chi connectivity index (χ0n) is 7.60. The number of ether oxygens (including phenoxy) is 1. The number of rotatable bonds is 2. The van der Waals surface area contributed by atoms with Crippen LogP contribution in [0.4, 0.5) is 0 Å². The molecule has 0 saturated carbocycles. The summed E-state index contributed by atoms with van der Waals surface area (Å²) < 4.78 is 5.33. The molecule has 0 N–H and O–H groups in total. The van der Waals surface area contributed by atoms with Crippen LogP contribution < -0.4 is 0 Å². The van der Waals surface area contributed by atoms with E-state index in [1.807, 2.05) is 0 Å². The summed E-state index contributed by atoms with van der Waals surface area (Å²) in [6.45, 7) is 10.3. The van der Waals surface area contributed by atoms with E-state index >= 15 is 0 Å².